The Kier molecular flexibility index (Phi) is 4.44. The van der Waals surface area contributed by atoms with Crippen LogP contribution in [0.3, 0.4) is 0 Å². The van der Waals surface area contributed by atoms with E-state index in [2.05, 4.69) is 9.72 Å². The number of aromatic nitrogens is 1. The molecule has 0 bridgehead atoms. The number of carbonyl (C=O) groups excluding carboxylic acids is 1. The third-order valence-corrected chi connectivity index (χ3v) is 2.97. The van der Waals surface area contributed by atoms with Crippen molar-refractivity contribution >= 4 is 16.9 Å². The summed E-state index contributed by atoms with van der Waals surface area (Å²) < 4.78 is 42.2. The van der Waals surface area contributed by atoms with Crippen LogP contribution in [0.2, 0.25) is 0 Å². The van der Waals surface area contributed by atoms with Crippen molar-refractivity contribution in [2.45, 2.75) is 6.29 Å². The van der Waals surface area contributed by atoms with Gasteiger partial charge >= 0.3 is 5.97 Å². The van der Waals surface area contributed by atoms with Gasteiger partial charge in [-0.3, -0.25) is 0 Å². The number of hydrogen-bond donors (Lipinski definition) is 0. The lowest BCUT2D eigenvalue weighted by Crippen LogP contribution is -2.11. The topological polar surface area (TPSA) is 57.7 Å². The molecule has 0 unspecified atom stereocenters. The predicted octanol–water partition coefficient (Wildman–Crippen LogP) is 2.59. The largest absolute Gasteiger partial charge is 0.464 e. The number of hydrogen-bond acceptors (Lipinski definition) is 5. The van der Waals surface area contributed by atoms with Gasteiger partial charge in [-0.05, 0) is 18.2 Å². The molecule has 5 nitrogen and oxygen atoms in total. The van der Waals surface area contributed by atoms with Crippen molar-refractivity contribution in [1.82, 2.24) is 4.98 Å². The van der Waals surface area contributed by atoms with Crippen LogP contribution < -0.4 is 0 Å². The summed E-state index contributed by atoms with van der Waals surface area (Å²) in [5, 5.41) is -0.101. The fourth-order valence-electron chi connectivity index (χ4n) is 2.03. The number of halogens is 2. The molecule has 0 aliphatic rings. The van der Waals surface area contributed by atoms with Gasteiger partial charge in [0.15, 0.2) is 17.9 Å². The van der Waals surface area contributed by atoms with Gasteiger partial charge in [0.05, 0.1) is 12.6 Å². The minimum atomic E-state index is -1.08. The van der Waals surface area contributed by atoms with Crippen LogP contribution in [0, 0.1) is 11.6 Å². The van der Waals surface area contributed by atoms with Crippen LogP contribution in [0.5, 0.6) is 0 Å². The molecule has 0 radical (unpaired) electrons. The Labute approximate surface area is 119 Å². The maximum Gasteiger partial charge on any atom is 0.356 e. The standard InChI is InChI=1S/C14H13F2NO4/c1-19-13(18)10-6-7(14(20-2)21-3)11-9(17-10)5-4-8(15)12(11)16/h4-6,14H,1-3H3. The predicted molar refractivity (Wildman–Crippen MR) is 69.8 cm³/mol. The average molecular weight is 297 g/mol. The van der Waals surface area contributed by atoms with E-state index < -0.39 is 23.9 Å². The molecule has 1 aromatic heterocycles. The van der Waals surface area contributed by atoms with E-state index in [1.807, 2.05) is 0 Å². The fourth-order valence-corrected chi connectivity index (χ4v) is 2.03. The highest BCUT2D eigenvalue weighted by atomic mass is 19.2. The number of fused-ring (bicyclic) bond motifs is 1. The first-order chi connectivity index (χ1) is 10.0. The van der Waals surface area contributed by atoms with Crippen molar-refractivity contribution < 1.29 is 27.8 Å². The van der Waals surface area contributed by atoms with Gasteiger partial charge in [-0.2, -0.15) is 0 Å². The Hall–Kier alpha value is -2.12. The summed E-state index contributed by atoms with van der Waals surface area (Å²) in [6, 6.07) is 3.46. The number of pyridine rings is 1. The van der Waals surface area contributed by atoms with Crippen molar-refractivity contribution in [2.24, 2.45) is 0 Å². The van der Waals surface area contributed by atoms with Gasteiger partial charge in [-0.1, -0.05) is 0 Å². The summed E-state index contributed by atoms with van der Waals surface area (Å²) in [6.07, 6.45) is -0.977. The zero-order valence-corrected chi connectivity index (χ0v) is 11.6. The van der Waals surface area contributed by atoms with Crippen LogP contribution in [-0.2, 0) is 14.2 Å². The van der Waals surface area contributed by atoms with Crippen LogP contribution in [-0.4, -0.2) is 32.3 Å². The third kappa shape index (κ3) is 2.70. The third-order valence-electron chi connectivity index (χ3n) is 2.97. The zero-order valence-electron chi connectivity index (χ0n) is 11.6. The SMILES string of the molecule is COC(=O)c1cc(C(OC)OC)c2c(F)c(F)ccc2n1. The fraction of sp³-hybridized carbons (Fsp3) is 0.286. The van der Waals surface area contributed by atoms with Crippen molar-refractivity contribution in [3.05, 3.63) is 41.1 Å². The van der Waals surface area contributed by atoms with Crippen LogP contribution in [0.4, 0.5) is 8.78 Å². The molecule has 21 heavy (non-hydrogen) atoms. The summed E-state index contributed by atoms with van der Waals surface area (Å²) >= 11 is 0. The first-order valence-corrected chi connectivity index (χ1v) is 5.96. The highest BCUT2D eigenvalue weighted by Gasteiger charge is 2.22. The molecule has 112 valence electrons. The van der Waals surface area contributed by atoms with Gasteiger partial charge in [0.25, 0.3) is 0 Å². The highest BCUT2D eigenvalue weighted by Crippen LogP contribution is 2.30. The summed E-state index contributed by atoms with van der Waals surface area (Å²) in [4.78, 5) is 15.6. The first-order valence-electron chi connectivity index (χ1n) is 5.96. The summed E-state index contributed by atoms with van der Waals surface area (Å²) in [7, 11) is 3.88. The smallest absolute Gasteiger partial charge is 0.356 e. The number of carbonyl (C=O) groups is 1. The lowest BCUT2D eigenvalue weighted by atomic mass is 10.1. The van der Waals surface area contributed by atoms with E-state index in [9.17, 15) is 13.6 Å². The van der Waals surface area contributed by atoms with Gasteiger partial charge in [-0.15, -0.1) is 0 Å². The molecule has 2 aromatic rings. The van der Waals surface area contributed by atoms with Gasteiger partial charge in [0.2, 0.25) is 0 Å². The van der Waals surface area contributed by atoms with Gasteiger partial charge in [0.1, 0.15) is 5.69 Å². The maximum absolute atomic E-state index is 14.1. The molecule has 2 rings (SSSR count). The Morgan fingerprint density at radius 3 is 2.43 bits per heavy atom. The minimum absolute atomic E-state index is 0.0508. The van der Waals surface area contributed by atoms with Crippen molar-refractivity contribution in [3.8, 4) is 0 Å². The molecule has 7 heteroatoms. The normalized spacial score (nSPS) is 11.1. The molecule has 0 aliphatic carbocycles. The molecule has 0 saturated heterocycles. The lowest BCUT2D eigenvalue weighted by molar-refractivity contribution is -0.105. The number of ether oxygens (including phenoxy) is 3. The number of esters is 1. The molecule has 0 saturated carbocycles. The molecule has 0 N–H and O–H groups in total. The number of benzene rings is 1. The Morgan fingerprint density at radius 2 is 1.86 bits per heavy atom. The van der Waals surface area contributed by atoms with Crippen LogP contribution in [0.25, 0.3) is 10.9 Å². The van der Waals surface area contributed by atoms with Crippen LogP contribution >= 0.6 is 0 Å². The second-order valence-corrected chi connectivity index (χ2v) is 4.15. The first kappa shape index (κ1) is 15.3. The molecule has 1 heterocycles. The monoisotopic (exact) mass is 297 g/mol. The highest BCUT2D eigenvalue weighted by molar-refractivity contribution is 5.92. The molecule has 1 aromatic carbocycles. The molecule has 0 spiro atoms. The Balaban J connectivity index is 2.81. The van der Waals surface area contributed by atoms with E-state index in [1.165, 1.54) is 33.5 Å². The molecule has 0 fully saturated rings. The molecule has 0 aliphatic heterocycles. The summed E-state index contributed by atoms with van der Waals surface area (Å²) in [6.45, 7) is 0. The maximum atomic E-state index is 14.1. The Morgan fingerprint density at radius 1 is 1.19 bits per heavy atom. The number of nitrogens with zero attached hydrogens (tertiary/aromatic N) is 1. The van der Waals surface area contributed by atoms with E-state index in [0.717, 1.165) is 6.07 Å². The van der Waals surface area contributed by atoms with Gasteiger partial charge < -0.3 is 14.2 Å². The van der Waals surface area contributed by atoms with E-state index in [4.69, 9.17) is 9.47 Å². The van der Waals surface area contributed by atoms with E-state index in [1.54, 1.807) is 0 Å². The minimum Gasteiger partial charge on any atom is -0.464 e. The van der Waals surface area contributed by atoms with E-state index in [-0.39, 0.29) is 22.2 Å². The quantitative estimate of drug-likeness (QED) is 0.641. The van der Waals surface area contributed by atoms with E-state index in [0.29, 0.717) is 0 Å². The van der Waals surface area contributed by atoms with Gasteiger partial charge in [0, 0.05) is 25.2 Å². The number of rotatable bonds is 4. The average Bonchev–Trinajstić information content (AvgIpc) is 2.51. The molecule has 0 atom stereocenters. The van der Waals surface area contributed by atoms with Crippen molar-refractivity contribution in [2.75, 3.05) is 21.3 Å². The van der Waals surface area contributed by atoms with Crippen molar-refractivity contribution in [3.63, 3.8) is 0 Å². The van der Waals surface area contributed by atoms with Crippen LogP contribution in [0.1, 0.15) is 22.3 Å². The molecular formula is C14H13F2NO4. The van der Waals surface area contributed by atoms with Crippen molar-refractivity contribution in [1.29, 1.82) is 0 Å². The Bertz CT molecular complexity index is 686. The van der Waals surface area contributed by atoms with Crippen LogP contribution in [0.15, 0.2) is 18.2 Å². The van der Waals surface area contributed by atoms with Gasteiger partial charge in [-0.25, -0.2) is 18.6 Å². The lowest BCUT2D eigenvalue weighted by Gasteiger charge is -2.17. The zero-order chi connectivity index (χ0) is 15.6. The number of methoxy groups -OCH3 is 3. The summed E-state index contributed by atoms with van der Waals surface area (Å²) in [5.74, 6) is -2.80. The molecular weight excluding hydrogens is 284 g/mol. The summed E-state index contributed by atoms with van der Waals surface area (Å²) in [5.41, 5.74) is 0.207. The second kappa shape index (κ2) is 6.11. The molecule has 0 amide bonds. The van der Waals surface area contributed by atoms with E-state index >= 15 is 0 Å². The second-order valence-electron chi connectivity index (χ2n) is 4.15.